The zero-order valence-corrected chi connectivity index (χ0v) is 18.2. The summed E-state index contributed by atoms with van der Waals surface area (Å²) in [6, 6.07) is 17.1. The number of benzene rings is 1. The third-order valence-corrected chi connectivity index (χ3v) is 5.56. The van der Waals surface area contributed by atoms with Gasteiger partial charge in [-0.3, -0.25) is 9.78 Å². The lowest BCUT2D eigenvalue weighted by Crippen LogP contribution is -2.45. The van der Waals surface area contributed by atoms with Crippen LogP contribution in [0.2, 0.25) is 5.02 Å². The largest absolute Gasteiger partial charge is 0.465 e. The van der Waals surface area contributed by atoms with Crippen LogP contribution in [0.15, 0.2) is 73.2 Å². The van der Waals surface area contributed by atoms with Gasteiger partial charge in [-0.25, -0.2) is 4.98 Å². The molecule has 0 saturated heterocycles. The van der Waals surface area contributed by atoms with Crippen molar-refractivity contribution in [1.82, 2.24) is 14.9 Å². The highest BCUT2D eigenvalue weighted by Crippen LogP contribution is 2.28. The summed E-state index contributed by atoms with van der Waals surface area (Å²) in [6.45, 7) is 3.80. The summed E-state index contributed by atoms with van der Waals surface area (Å²) in [5.41, 5.74) is 2.23. The van der Waals surface area contributed by atoms with Gasteiger partial charge in [0.15, 0.2) is 6.10 Å². The first-order valence-corrected chi connectivity index (χ1v) is 10.3. The third-order valence-electron chi connectivity index (χ3n) is 5.31. The summed E-state index contributed by atoms with van der Waals surface area (Å²) in [5.74, 6) is 0.401. The zero-order chi connectivity index (χ0) is 21.5. The molecule has 3 atom stereocenters. The van der Waals surface area contributed by atoms with E-state index in [0.29, 0.717) is 10.9 Å². The van der Waals surface area contributed by atoms with E-state index in [2.05, 4.69) is 23.0 Å². The number of halogens is 1. The highest BCUT2D eigenvalue weighted by molar-refractivity contribution is 6.30. The molecule has 0 radical (unpaired) electrons. The molecule has 2 aromatic heterocycles. The van der Waals surface area contributed by atoms with Gasteiger partial charge in [0.25, 0.3) is 5.91 Å². The number of amides is 1. The van der Waals surface area contributed by atoms with Crippen LogP contribution in [-0.2, 0) is 11.2 Å². The van der Waals surface area contributed by atoms with E-state index < -0.39 is 6.10 Å². The molecule has 2 heterocycles. The summed E-state index contributed by atoms with van der Waals surface area (Å²) in [7, 11) is 1.82. The molecule has 0 bridgehead atoms. The van der Waals surface area contributed by atoms with Crippen LogP contribution in [0.4, 0.5) is 0 Å². The Morgan fingerprint density at radius 2 is 1.83 bits per heavy atom. The van der Waals surface area contributed by atoms with Crippen LogP contribution in [-0.4, -0.2) is 40.0 Å². The molecule has 6 heteroatoms. The molecule has 3 aromatic rings. The van der Waals surface area contributed by atoms with Gasteiger partial charge in [-0.05, 0) is 55.7 Å². The van der Waals surface area contributed by atoms with E-state index in [1.807, 2.05) is 55.7 Å². The molecule has 156 valence electrons. The van der Waals surface area contributed by atoms with Crippen LogP contribution in [0, 0.1) is 0 Å². The van der Waals surface area contributed by atoms with Crippen molar-refractivity contribution >= 4 is 17.5 Å². The van der Waals surface area contributed by atoms with Crippen molar-refractivity contribution in [2.24, 2.45) is 0 Å². The molecule has 0 aliphatic rings. The van der Waals surface area contributed by atoms with Gasteiger partial charge in [-0.2, -0.15) is 0 Å². The third kappa shape index (κ3) is 5.57. The first-order chi connectivity index (χ1) is 14.5. The molecule has 1 amide bonds. The average molecular weight is 424 g/mol. The van der Waals surface area contributed by atoms with Crippen LogP contribution >= 0.6 is 11.6 Å². The fourth-order valence-electron chi connectivity index (χ4n) is 3.44. The molecular weight excluding hydrogens is 398 g/mol. The predicted molar refractivity (Wildman–Crippen MR) is 119 cm³/mol. The number of aromatic nitrogens is 2. The van der Waals surface area contributed by atoms with Gasteiger partial charge in [-0.15, -0.1) is 0 Å². The molecule has 3 rings (SSSR count). The summed E-state index contributed by atoms with van der Waals surface area (Å²) in [4.78, 5) is 23.2. The topological polar surface area (TPSA) is 55.3 Å². The fraction of sp³-hybridized carbons (Fsp3) is 0.292. The summed E-state index contributed by atoms with van der Waals surface area (Å²) < 4.78 is 5.73. The quantitative estimate of drug-likeness (QED) is 0.523. The molecule has 3 unspecified atom stereocenters. The van der Waals surface area contributed by atoms with Gasteiger partial charge < -0.3 is 9.64 Å². The number of hydrogen-bond acceptors (Lipinski definition) is 4. The number of ether oxygens (including phenoxy) is 1. The lowest BCUT2D eigenvalue weighted by atomic mass is 9.86. The van der Waals surface area contributed by atoms with Gasteiger partial charge in [-0.1, -0.05) is 35.9 Å². The smallest absolute Gasteiger partial charge is 0.263 e. The van der Waals surface area contributed by atoms with Crippen LogP contribution in [0.3, 0.4) is 0 Å². The first kappa shape index (κ1) is 21.8. The van der Waals surface area contributed by atoms with Crippen molar-refractivity contribution < 1.29 is 9.53 Å². The van der Waals surface area contributed by atoms with E-state index in [-0.39, 0.29) is 17.9 Å². The number of likely N-dealkylation sites (N-methyl/N-ethyl adjacent to an activating group) is 1. The molecular formula is C24H26ClN3O2. The van der Waals surface area contributed by atoms with E-state index in [9.17, 15) is 4.79 Å². The Kier molecular flexibility index (Phi) is 7.41. The second kappa shape index (κ2) is 10.2. The minimum absolute atomic E-state index is 0.0656. The van der Waals surface area contributed by atoms with Crippen LogP contribution in [0.5, 0.6) is 5.88 Å². The van der Waals surface area contributed by atoms with Crippen molar-refractivity contribution in [3.05, 3.63) is 89.3 Å². The molecule has 1 aromatic carbocycles. The lowest BCUT2D eigenvalue weighted by Gasteiger charge is -2.34. The highest BCUT2D eigenvalue weighted by atomic mass is 35.5. The van der Waals surface area contributed by atoms with E-state index in [4.69, 9.17) is 16.3 Å². The number of rotatable bonds is 8. The zero-order valence-electron chi connectivity index (χ0n) is 17.4. The Bertz CT molecular complexity index is 936. The molecule has 0 aliphatic heterocycles. The van der Waals surface area contributed by atoms with E-state index >= 15 is 0 Å². The normalized spacial score (nSPS) is 13.9. The summed E-state index contributed by atoms with van der Waals surface area (Å²) in [5, 5.41) is 0.706. The SMILES string of the molecule is CC(Oc1ccccn1)C(=O)N(C)C(C)C(Cc1ccc(Cl)cc1)c1cccnc1. The Balaban J connectivity index is 1.77. The van der Waals surface area contributed by atoms with Crippen molar-refractivity contribution in [1.29, 1.82) is 0 Å². The molecule has 0 aliphatic carbocycles. The molecule has 0 N–H and O–H groups in total. The molecule has 0 spiro atoms. The van der Waals surface area contributed by atoms with Gasteiger partial charge in [0.2, 0.25) is 5.88 Å². The highest BCUT2D eigenvalue weighted by Gasteiger charge is 2.29. The molecule has 5 nitrogen and oxygen atoms in total. The number of carbonyl (C=O) groups excluding carboxylic acids is 1. The van der Waals surface area contributed by atoms with Crippen LogP contribution in [0.1, 0.15) is 30.9 Å². The minimum Gasteiger partial charge on any atom is -0.465 e. The first-order valence-electron chi connectivity index (χ1n) is 9.94. The van der Waals surface area contributed by atoms with E-state index in [1.54, 1.807) is 30.3 Å². The monoisotopic (exact) mass is 423 g/mol. The van der Waals surface area contributed by atoms with Gasteiger partial charge in [0, 0.05) is 48.7 Å². The van der Waals surface area contributed by atoms with Crippen molar-refractivity contribution in [3.8, 4) is 5.88 Å². The molecule has 30 heavy (non-hydrogen) atoms. The van der Waals surface area contributed by atoms with Crippen molar-refractivity contribution in [2.45, 2.75) is 38.3 Å². The number of pyridine rings is 2. The summed E-state index contributed by atoms with van der Waals surface area (Å²) >= 11 is 6.04. The maximum Gasteiger partial charge on any atom is 0.263 e. The molecule has 0 fully saturated rings. The second-order valence-corrected chi connectivity index (χ2v) is 7.78. The van der Waals surface area contributed by atoms with Gasteiger partial charge in [0.1, 0.15) is 0 Å². The summed E-state index contributed by atoms with van der Waals surface area (Å²) in [6.07, 6.45) is 5.38. The predicted octanol–water partition coefficient (Wildman–Crippen LogP) is 4.77. The Hall–Kier alpha value is -2.92. The fourth-order valence-corrected chi connectivity index (χ4v) is 3.57. The van der Waals surface area contributed by atoms with Gasteiger partial charge >= 0.3 is 0 Å². The van der Waals surface area contributed by atoms with E-state index in [1.165, 1.54) is 0 Å². The maximum absolute atomic E-state index is 13.1. The Morgan fingerprint density at radius 3 is 2.47 bits per heavy atom. The van der Waals surface area contributed by atoms with E-state index in [0.717, 1.165) is 17.5 Å². The minimum atomic E-state index is -0.641. The number of nitrogens with zero attached hydrogens (tertiary/aromatic N) is 3. The standard InChI is InChI=1S/C24H26ClN3O2/c1-17(28(3)24(29)18(2)30-23-8-4-5-14-27-23)22(20-7-6-13-26-16-20)15-19-9-11-21(25)12-10-19/h4-14,16-18,22H,15H2,1-3H3. The van der Waals surface area contributed by atoms with Crippen molar-refractivity contribution in [2.75, 3.05) is 7.05 Å². The van der Waals surface area contributed by atoms with Crippen LogP contribution < -0.4 is 4.74 Å². The Labute approximate surface area is 182 Å². The average Bonchev–Trinajstić information content (AvgIpc) is 2.78. The Morgan fingerprint density at radius 1 is 1.07 bits per heavy atom. The van der Waals surface area contributed by atoms with Gasteiger partial charge in [0.05, 0.1) is 0 Å². The maximum atomic E-state index is 13.1. The van der Waals surface area contributed by atoms with Crippen molar-refractivity contribution in [3.63, 3.8) is 0 Å². The number of carbonyl (C=O) groups is 1. The van der Waals surface area contributed by atoms with Crippen LogP contribution in [0.25, 0.3) is 0 Å². The molecule has 0 saturated carbocycles. The number of hydrogen-bond donors (Lipinski definition) is 0. The second-order valence-electron chi connectivity index (χ2n) is 7.34. The lowest BCUT2D eigenvalue weighted by molar-refractivity contribution is -0.139.